The summed E-state index contributed by atoms with van der Waals surface area (Å²) in [7, 11) is 1.41. The van der Waals surface area contributed by atoms with E-state index in [9.17, 15) is 10.1 Å². The Morgan fingerprint density at radius 3 is 2.79 bits per heavy atom. The lowest BCUT2D eigenvalue weighted by Crippen LogP contribution is -2.06. The maximum atomic E-state index is 10.7. The molecule has 0 saturated carbocycles. The molecule has 0 aliphatic carbocycles. The Morgan fingerprint density at radius 2 is 2.26 bits per heavy atom. The van der Waals surface area contributed by atoms with Gasteiger partial charge in [0.05, 0.1) is 29.7 Å². The third kappa shape index (κ3) is 2.52. The van der Waals surface area contributed by atoms with Gasteiger partial charge in [-0.3, -0.25) is 10.1 Å². The minimum Gasteiger partial charge on any atom is -0.496 e. The first-order valence-electron chi connectivity index (χ1n) is 5.45. The highest BCUT2D eigenvalue weighted by Gasteiger charge is 2.18. The molecule has 0 saturated heterocycles. The average Bonchev–Trinajstić information content (AvgIpc) is 2.87. The lowest BCUT2D eigenvalue weighted by Gasteiger charge is -2.04. The van der Waals surface area contributed by atoms with Crippen LogP contribution in [0.15, 0.2) is 22.7 Å². The van der Waals surface area contributed by atoms with E-state index in [-0.39, 0.29) is 23.4 Å². The van der Waals surface area contributed by atoms with Crippen molar-refractivity contribution in [2.45, 2.75) is 13.0 Å². The van der Waals surface area contributed by atoms with E-state index in [1.54, 1.807) is 6.92 Å². The SMILES string of the molecule is COc1cc([N+](=O)[O-])ccc1-c1nc(C(C)N)no1. The van der Waals surface area contributed by atoms with Crippen LogP contribution in [-0.4, -0.2) is 22.2 Å². The fraction of sp³-hybridized carbons (Fsp3) is 0.273. The molecule has 8 nitrogen and oxygen atoms in total. The van der Waals surface area contributed by atoms with Gasteiger partial charge in [0.2, 0.25) is 0 Å². The second kappa shape index (κ2) is 5.02. The Morgan fingerprint density at radius 1 is 1.53 bits per heavy atom. The predicted octanol–water partition coefficient (Wildman–Crippen LogP) is 1.67. The smallest absolute Gasteiger partial charge is 0.273 e. The van der Waals surface area contributed by atoms with Crippen LogP contribution < -0.4 is 10.5 Å². The number of benzene rings is 1. The summed E-state index contributed by atoms with van der Waals surface area (Å²) in [5.41, 5.74) is 6.04. The van der Waals surface area contributed by atoms with Crippen LogP contribution in [0.4, 0.5) is 5.69 Å². The number of hydrogen-bond acceptors (Lipinski definition) is 7. The van der Waals surface area contributed by atoms with E-state index in [1.165, 1.54) is 25.3 Å². The van der Waals surface area contributed by atoms with Gasteiger partial charge in [-0.05, 0) is 13.0 Å². The second-order valence-electron chi connectivity index (χ2n) is 3.89. The zero-order chi connectivity index (χ0) is 14.0. The molecule has 2 aromatic rings. The summed E-state index contributed by atoms with van der Waals surface area (Å²) >= 11 is 0. The first-order valence-corrected chi connectivity index (χ1v) is 5.45. The summed E-state index contributed by atoms with van der Waals surface area (Å²) in [4.78, 5) is 14.3. The van der Waals surface area contributed by atoms with Crippen molar-refractivity contribution >= 4 is 5.69 Å². The monoisotopic (exact) mass is 264 g/mol. The van der Waals surface area contributed by atoms with Crippen LogP contribution in [0, 0.1) is 10.1 Å². The summed E-state index contributed by atoms with van der Waals surface area (Å²) in [6.45, 7) is 1.72. The number of hydrogen-bond donors (Lipinski definition) is 1. The molecule has 2 N–H and O–H groups in total. The lowest BCUT2D eigenvalue weighted by atomic mass is 10.2. The Labute approximate surface area is 108 Å². The van der Waals surface area contributed by atoms with E-state index < -0.39 is 4.92 Å². The van der Waals surface area contributed by atoms with Gasteiger partial charge in [-0.1, -0.05) is 5.16 Å². The molecule has 1 aromatic carbocycles. The summed E-state index contributed by atoms with van der Waals surface area (Å²) in [5, 5.41) is 14.4. The highest BCUT2D eigenvalue weighted by Crippen LogP contribution is 2.32. The van der Waals surface area contributed by atoms with Crippen molar-refractivity contribution in [2.24, 2.45) is 5.73 Å². The molecule has 0 fully saturated rings. The summed E-state index contributed by atoms with van der Waals surface area (Å²) in [5.74, 6) is 0.850. The van der Waals surface area contributed by atoms with Crippen LogP contribution in [0.25, 0.3) is 11.5 Å². The van der Waals surface area contributed by atoms with Crippen LogP contribution in [0.1, 0.15) is 18.8 Å². The van der Waals surface area contributed by atoms with Crippen molar-refractivity contribution in [3.05, 3.63) is 34.1 Å². The molecular formula is C11H12N4O4. The fourth-order valence-corrected chi connectivity index (χ4v) is 1.50. The molecule has 0 aliphatic heterocycles. The van der Waals surface area contributed by atoms with E-state index in [0.717, 1.165) is 0 Å². The number of nitrogens with zero attached hydrogens (tertiary/aromatic N) is 3. The quantitative estimate of drug-likeness (QED) is 0.659. The molecule has 8 heteroatoms. The second-order valence-corrected chi connectivity index (χ2v) is 3.89. The van der Waals surface area contributed by atoms with E-state index in [1.807, 2.05) is 0 Å². The average molecular weight is 264 g/mol. The van der Waals surface area contributed by atoms with Gasteiger partial charge in [0.1, 0.15) is 5.75 Å². The van der Waals surface area contributed by atoms with E-state index >= 15 is 0 Å². The molecule has 0 aliphatic rings. The summed E-state index contributed by atoms with van der Waals surface area (Å²) in [6, 6.07) is 3.77. The number of ether oxygens (including phenoxy) is 1. The Hall–Kier alpha value is -2.48. The Balaban J connectivity index is 2.46. The van der Waals surface area contributed by atoms with Crippen molar-refractivity contribution in [3.63, 3.8) is 0 Å². The van der Waals surface area contributed by atoms with Crippen LogP contribution in [-0.2, 0) is 0 Å². The van der Waals surface area contributed by atoms with E-state index in [4.69, 9.17) is 15.0 Å². The molecule has 0 bridgehead atoms. The Bertz CT molecular complexity index is 608. The van der Waals surface area contributed by atoms with Crippen LogP contribution >= 0.6 is 0 Å². The molecule has 0 amide bonds. The van der Waals surface area contributed by atoms with Gasteiger partial charge in [0, 0.05) is 6.07 Å². The molecule has 1 unspecified atom stereocenters. The number of nitro groups is 1. The number of rotatable bonds is 4. The van der Waals surface area contributed by atoms with Crippen molar-refractivity contribution in [2.75, 3.05) is 7.11 Å². The first kappa shape index (κ1) is 13.0. The van der Waals surface area contributed by atoms with Crippen molar-refractivity contribution in [1.29, 1.82) is 0 Å². The maximum Gasteiger partial charge on any atom is 0.273 e. The van der Waals surface area contributed by atoms with Crippen molar-refractivity contribution in [1.82, 2.24) is 10.1 Å². The van der Waals surface area contributed by atoms with Gasteiger partial charge in [-0.2, -0.15) is 4.98 Å². The van der Waals surface area contributed by atoms with E-state index in [2.05, 4.69) is 10.1 Å². The standard InChI is InChI=1S/C11H12N4O4/c1-6(12)10-13-11(19-14-10)8-4-3-7(15(16)17)5-9(8)18-2/h3-6H,12H2,1-2H3. The first-order chi connectivity index (χ1) is 9.02. The molecule has 1 atom stereocenters. The lowest BCUT2D eigenvalue weighted by molar-refractivity contribution is -0.384. The normalized spacial score (nSPS) is 12.2. The topological polar surface area (TPSA) is 117 Å². The van der Waals surface area contributed by atoms with Gasteiger partial charge >= 0.3 is 0 Å². The van der Waals surface area contributed by atoms with Crippen LogP contribution in [0.5, 0.6) is 5.75 Å². The molecule has 19 heavy (non-hydrogen) atoms. The highest BCUT2D eigenvalue weighted by molar-refractivity contribution is 5.65. The summed E-state index contributed by atoms with van der Waals surface area (Å²) < 4.78 is 10.2. The van der Waals surface area contributed by atoms with Gasteiger partial charge in [-0.25, -0.2) is 0 Å². The third-order valence-corrected chi connectivity index (χ3v) is 2.48. The fourth-order valence-electron chi connectivity index (χ4n) is 1.50. The molecular weight excluding hydrogens is 252 g/mol. The maximum absolute atomic E-state index is 10.7. The van der Waals surface area contributed by atoms with E-state index in [0.29, 0.717) is 11.4 Å². The van der Waals surface area contributed by atoms with Crippen molar-refractivity contribution < 1.29 is 14.2 Å². The highest BCUT2D eigenvalue weighted by atomic mass is 16.6. The van der Waals surface area contributed by atoms with Crippen LogP contribution in [0.3, 0.4) is 0 Å². The number of nitro benzene ring substituents is 1. The largest absolute Gasteiger partial charge is 0.496 e. The molecule has 0 spiro atoms. The number of non-ortho nitro benzene ring substituents is 1. The zero-order valence-corrected chi connectivity index (χ0v) is 10.4. The summed E-state index contributed by atoms with van der Waals surface area (Å²) in [6.07, 6.45) is 0. The van der Waals surface area contributed by atoms with Crippen LogP contribution in [0.2, 0.25) is 0 Å². The number of nitrogens with two attached hydrogens (primary N) is 1. The number of aromatic nitrogens is 2. The number of methoxy groups -OCH3 is 1. The molecule has 1 aromatic heterocycles. The minimum absolute atomic E-state index is 0.0764. The van der Waals surface area contributed by atoms with Gasteiger partial charge < -0.3 is 15.0 Å². The Kier molecular flexibility index (Phi) is 3.43. The minimum atomic E-state index is -0.506. The van der Waals surface area contributed by atoms with Gasteiger partial charge in [0.25, 0.3) is 11.6 Å². The van der Waals surface area contributed by atoms with Gasteiger partial charge in [0.15, 0.2) is 5.82 Å². The predicted molar refractivity (Wildman–Crippen MR) is 65.5 cm³/mol. The van der Waals surface area contributed by atoms with Gasteiger partial charge in [-0.15, -0.1) is 0 Å². The molecule has 1 heterocycles. The van der Waals surface area contributed by atoms with Crippen molar-refractivity contribution in [3.8, 4) is 17.2 Å². The zero-order valence-electron chi connectivity index (χ0n) is 10.4. The molecule has 0 radical (unpaired) electrons. The molecule has 100 valence electrons. The third-order valence-electron chi connectivity index (χ3n) is 2.48. The molecule has 2 rings (SSSR count).